The Balaban J connectivity index is 1.14. The van der Waals surface area contributed by atoms with Gasteiger partial charge in [0.25, 0.3) is 0 Å². The zero-order valence-electron chi connectivity index (χ0n) is 16.6. The van der Waals surface area contributed by atoms with Crippen LogP contribution in [0.5, 0.6) is 0 Å². The summed E-state index contributed by atoms with van der Waals surface area (Å²) >= 11 is 1.33. The molecule has 4 rings (SSSR count). The number of hydrogen-bond acceptors (Lipinski definition) is 4. The van der Waals surface area contributed by atoms with E-state index >= 15 is 0 Å². The number of thiophene rings is 1. The second-order valence-corrected chi connectivity index (χ2v) is 10.8. The molecule has 0 unspecified atom stereocenters. The predicted molar refractivity (Wildman–Crippen MR) is 121 cm³/mol. The third kappa shape index (κ3) is 5.25. The number of fused-ring (bicyclic) bond motifs is 2. The van der Waals surface area contributed by atoms with E-state index in [9.17, 15) is 8.42 Å². The van der Waals surface area contributed by atoms with Gasteiger partial charge >= 0.3 is 0 Å². The molecule has 1 aliphatic rings. The Morgan fingerprint density at radius 2 is 1.69 bits per heavy atom. The van der Waals surface area contributed by atoms with E-state index in [0.717, 1.165) is 55.4 Å². The lowest BCUT2D eigenvalue weighted by Crippen LogP contribution is -2.31. The fraction of sp³-hybridized carbons (Fsp3) is 0.391. The Morgan fingerprint density at radius 1 is 0.931 bits per heavy atom. The molecule has 1 aliphatic heterocycles. The lowest BCUT2D eigenvalue weighted by molar-refractivity contribution is 0.248. The molecule has 2 heterocycles. The Morgan fingerprint density at radius 3 is 2.55 bits per heavy atom. The van der Waals surface area contributed by atoms with E-state index in [2.05, 4.69) is 33.9 Å². The highest BCUT2D eigenvalue weighted by molar-refractivity contribution is 7.91. The highest BCUT2D eigenvalue weighted by atomic mass is 32.2. The smallest absolute Gasteiger partial charge is 0.250 e. The van der Waals surface area contributed by atoms with Gasteiger partial charge in [0.15, 0.2) is 0 Å². The summed E-state index contributed by atoms with van der Waals surface area (Å²) < 4.78 is 29.2. The van der Waals surface area contributed by atoms with Gasteiger partial charge in [0.05, 0.1) is 0 Å². The molecular weight excluding hydrogens is 400 g/mol. The normalized spacial score (nSPS) is 14.9. The molecule has 0 amide bonds. The number of rotatable bonds is 9. The molecule has 6 heteroatoms. The summed E-state index contributed by atoms with van der Waals surface area (Å²) in [4.78, 5) is 2.53. The van der Waals surface area contributed by atoms with Gasteiger partial charge in [0.2, 0.25) is 10.0 Å². The third-order valence-corrected chi connectivity index (χ3v) is 8.62. The minimum Gasteiger partial charge on any atom is -0.299 e. The quantitative estimate of drug-likeness (QED) is 0.498. The molecule has 0 spiro atoms. The van der Waals surface area contributed by atoms with Crippen molar-refractivity contribution >= 4 is 31.4 Å². The van der Waals surface area contributed by atoms with E-state index < -0.39 is 10.0 Å². The van der Waals surface area contributed by atoms with E-state index in [1.54, 1.807) is 6.07 Å². The first-order chi connectivity index (χ1) is 14.1. The van der Waals surface area contributed by atoms with Gasteiger partial charge in [0.1, 0.15) is 4.21 Å². The minimum absolute atomic E-state index is 0.407. The van der Waals surface area contributed by atoms with Gasteiger partial charge in [0, 0.05) is 24.3 Å². The maximum Gasteiger partial charge on any atom is 0.250 e. The van der Waals surface area contributed by atoms with Crippen LogP contribution in [0.3, 0.4) is 0 Å². The highest BCUT2D eigenvalue weighted by Gasteiger charge is 2.17. The van der Waals surface area contributed by atoms with Crippen molar-refractivity contribution in [3.63, 3.8) is 0 Å². The lowest BCUT2D eigenvalue weighted by Gasteiger charge is -2.28. The average molecular weight is 429 g/mol. The monoisotopic (exact) mass is 428 g/mol. The second-order valence-electron chi connectivity index (χ2n) is 7.71. The number of benzene rings is 2. The van der Waals surface area contributed by atoms with Crippen LogP contribution in [0.1, 0.15) is 36.8 Å². The van der Waals surface area contributed by atoms with Crippen LogP contribution in [-0.4, -0.2) is 33.0 Å². The molecule has 2 aromatic carbocycles. The van der Waals surface area contributed by atoms with Crippen molar-refractivity contribution in [2.75, 3.05) is 19.6 Å². The standard InChI is InChI=1S/C23H28N2O2S2/c26-29(27,23-17-20-10-5-6-12-22(20)28-23)24-14-7-1-2-8-15-25-16-13-19-9-3-4-11-21(19)18-25/h3-6,9-12,17,24H,1-2,7-8,13-16,18H2. The van der Waals surface area contributed by atoms with E-state index in [1.165, 1.54) is 28.9 Å². The highest BCUT2D eigenvalue weighted by Crippen LogP contribution is 2.28. The molecule has 29 heavy (non-hydrogen) atoms. The van der Waals surface area contributed by atoms with Crippen molar-refractivity contribution < 1.29 is 8.42 Å². The molecule has 0 saturated heterocycles. The molecule has 0 bridgehead atoms. The van der Waals surface area contributed by atoms with Crippen molar-refractivity contribution in [3.8, 4) is 0 Å². The van der Waals surface area contributed by atoms with Crippen LogP contribution in [0.4, 0.5) is 0 Å². The molecule has 1 aromatic heterocycles. The average Bonchev–Trinajstić information content (AvgIpc) is 3.18. The van der Waals surface area contributed by atoms with Gasteiger partial charge in [-0.2, -0.15) is 0 Å². The van der Waals surface area contributed by atoms with Gasteiger partial charge in [-0.05, 0) is 54.5 Å². The zero-order chi connectivity index (χ0) is 20.1. The molecule has 154 valence electrons. The van der Waals surface area contributed by atoms with Gasteiger partial charge in [-0.1, -0.05) is 55.3 Å². The van der Waals surface area contributed by atoms with Gasteiger partial charge in [-0.25, -0.2) is 13.1 Å². The number of hydrogen-bond donors (Lipinski definition) is 1. The van der Waals surface area contributed by atoms with E-state index in [0.29, 0.717) is 10.8 Å². The molecule has 4 nitrogen and oxygen atoms in total. The second kappa shape index (κ2) is 9.39. The van der Waals surface area contributed by atoms with Crippen LogP contribution in [0.2, 0.25) is 0 Å². The number of nitrogens with zero attached hydrogens (tertiary/aromatic N) is 1. The maximum absolute atomic E-state index is 12.5. The van der Waals surface area contributed by atoms with Crippen LogP contribution >= 0.6 is 11.3 Å². The Labute approximate surface area is 177 Å². The molecule has 0 radical (unpaired) electrons. The first-order valence-corrected chi connectivity index (χ1v) is 12.7. The van der Waals surface area contributed by atoms with E-state index in [1.807, 2.05) is 24.3 Å². The summed E-state index contributed by atoms with van der Waals surface area (Å²) in [6.45, 7) is 3.84. The van der Waals surface area contributed by atoms with Gasteiger partial charge in [-0.15, -0.1) is 11.3 Å². The Kier molecular flexibility index (Phi) is 6.65. The maximum atomic E-state index is 12.5. The Bertz CT molecular complexity index is 1030. The largest absolute Gasteiger partial charge is 0.299 e. The minimum atomic E-state index is -3.40. The van der Waals surface area contributed by atoms with Crippen LogP contribution in [-0.2, 0) is 23.0 Å². The molecule has 0 aliphatic carbocycles. The molecule has 1 N–H and O–H groups in total. The topological polar surface area (TPSA) is 49.4 Å². The van der Waals surface area contributed by atoms with Gasteiger partial charge < -0.3 is 0 Å². The van der Waals surface area contributed by atoms with Crippen LogP contribution in [0.25, 0.3) is 10.1 Å². The number of unbranched alkanes of at least 4 members (excludes halogenated alkanes) is 3. The van der Waals surface area contributed by atoms with E-state index in [-0.39, 0.29) is 0 Å². The first-order valence-electron chi connectivity index (χ1n) is 10.4. The molecule has 3 aromatic rings. The van der Waals surface area contributed by atoms with Crippen molar-refractivity contribution in [2.45, 2.75) is 42.9 Å². The van der Waals surface area contributed by atoms with Gasteiger partial charge in [-0.3, -0.25) is 4.90 Å². The van der Waals surface area contributed by atoms with E-state index in [4.69, 9.17) is 0 Å². The third-order valence-electron chi connectivity index (χ3n) is 5.57. The van der Waals surface area contributed by atoms with Crippen molar-refractivity contribution in [1.82, 2.24) is 9.62 Å². The summed E-state index contributed by atoms with van der Waals surface area (Å²) in [5.41, 5.74) is 2.96. The molecule has 0 saturated carbocycles. The zero-order valence-corrected chi connectivity index (χ0v) is 18.3. The fourth-order valence-electron chi connectivity index (χ4n) is 3.93. The summed E-state index contributed by atoms with van der Waals surface area (Å²) in [6.07, 6.45) is 5.40. The number of sulfonamides is 1. The summed E-state index contributed by atoms with van der Waals surface area (Å²) in [7, 11) is -3.40. The lowest BCUT2D eigenvalue weighted by atomic mass is 10.00. The number of nitrogens with one attached hydrogen (secondary N) is 1. The van der Waals surface area contributed by atoms with Crippen molar-refractivity contribution in [2.24, 2.45) is 0 Å². The SMILES string of the molecule is O=S(=O)(NCCCCCCN1CCc2ccccc2C1)c1cc2ccccc2s1. The Hall–Kier alpha value is -1.73. The first kappa shape index (κ1) is 20.5. The fourth-order valence-corrected chi connectivity index (χ4v) is 6.44. The molecule has 0 atom stereocenters. The van der Waals surface area contributed by atoms with Crippen LogP contribution in [0.15, 0.2) is 58.8 Å². The van der Waals surface area contributed by atoms with Crippen molar-refractivity contribution in [3.05, 3.63) is 65.7 Å². The predicted octanol–water partition coefficient (Wildman–Crippen LogP) is 4.80. The molecular formula is C23H28N2O2S2. The summed E-state index contributed by atoms with van der Waals surface area (Å²) in [6, 6.07) is 18.3. The summed E-state index contributed by atoms with van der Waals surface area (Å²) in [5, 5.41) is 0.984. The van der Waals surface area contributed by atoms with Crippen LogP contribution < -0.4 is 4.72 Å². The summed E-state index contributed by atoms with van der Waals surface area (Å²) in [5.74, 6) is 0. The molecule has 0 fully saturated rings. The van der Waals surface area contributed by atoms with Crippen LogP contribution in [0, 0.1) is 0 Å². The van der Waals surface area contributed by atoms with Crippen molar-refractivity contribution in [1.29, 1.82) is 0 Å².